The molecule has 9 heterocycles. The first-order valence-electron chi connectivity index (χ1n) is 31.9. The fourth-order valence-electron chi connectivity index (χ4n) is 14.0. The number of hydrogen-bond donors (Lipinski definition) is 3. The van der Waals surface area contributed by atoms with Gasteiger partial charge >= 0.3 is 5.97 Å². The Kier molecular flexibility index (Phi) is 18.7. The number of aryl methyl sites for hydroxylation is 1. The van der Waals surface area contributed by atoms with Crippen LogP contribution in [0.2, 0.25) is 0 Å². The van der Waals surface area contributed by atoms with Crippen LogP contribution in [0, 0.1) is 17.7 Å². The number of halogens is 1. The highest BCUT2D eigenvalue weighted by Gasteiger charge is 2.35. The number of likely N-dealkylation sites (tertiary alicyclic amines) is 4. The van der Waals surface area contributed by atoms with E-state index in [0.29, 0.717) is 84.4 Å². The lowest BCUT2D eigenvalue weighted by atomic mass is 9.87. The maximum absolute atomic E-state index is 16.1. The number of aromatic nitrogens is 9. The highest BCUT2D eigenvalue weighted by molar-refractivity contribution is 6.00. The summed E-state index contributed by atoms with van der Waals surface area (Å²) >= 11 is 0. The van der Waals surface area contributed by atoms with Crippen LogP contribution in [-0.4, -0.2) is 179 Å². The Labute approximate surface area is 521 Å². The maximum atomic E-state index is 16.1. The summed E-state index contributed by atoms with van der Waals surface area (Å²) in [5.41, 5.74) is 11.4. The van der Waals surface area contributed by atoms with Crippen LogP contribution in [0.15, 0.2) is 73.2 Å². The topological polar surface area (TPSA) is 270 Å². The van der Waals surface area contributed by atoms with Gasteiger partial charge in [-0.15, -0.1) is 5.10 Å². The number of carbonyl (C=O) groups is 6. The van der Waals surface area contributed by atoms with Crippen molar-refractivity contribution in [3.8, 4) is 11.1 Å². The van der Waals surface area contributed by atoms with Gasteiger partial charge in [0.2, 0.25) is 23.6 Å². The summed E-state index contributed by atoms with van der Waals surface area (Å²) in [7, 11) is 3.10. The summed E-state index contributed by atoms with van der Waals surface area (Å²) in [6.07, 6.45) is 15.0. The second kappa shape index (κ2) is 27.5. The van der Waals surface area contributed by atoms with E-state index in [-0.39, 0.29) is 73.6 Å². The third kappa shape index (κ3) is 13.9. The van der Waals surface area contributed by atoms with Crippen molar-refractivity contribution in [1.82, 2.24) is 69.4 Å². The summed E-state index contributed by atoms with van der Waals surface area (Å²) in [6.45, 7) is 8.11. The maximum Gasteiger partial charge on any atom is 0.327 e. The number of methoxy groups -OCH3 is 1. The summed E-state index contributed by atoms with van der Waals surface area (Å²) in [6, 6.07) is 17.1. The van der Waals surface area contributed by atoms with Crippen molar-refractivity contribution < 1.29 is 37.9 Å². The third-order valence-electron chi connectivity index (χ3n) is 19.1. The van der Waals surface area contributed by atoms with Gasteiger partial charge < -0.3 is 45.6 Å². The molecule has 4 aromatic heterocycles. The molecule has 24 nitrogen and oxygen atoms in total. The third-order valence-corrected chi connectivity index (χ3v) is 19.1. The number of nitrogens with zero attached hydrogens (tertiary/aromatic N) is 14. The van der Waals surface area contributed by atoms with Gasteiger partial charge in [0.25, 0.3) is 5.91 Å². The van der Waals surface area contributed by atoms with E-state index in [1.165, 1.54) is 29.8 Å². The first-order chi connectivity index (χ1) is 43.7. The Hall–Kier alpha value is -8.87. The minimum atomic E-state index is -0.631. The Bertz CT molecular complexity index is 3750. The smallest absolute Gasteiger partial charge is 0.327 e. The van der Waals surface area contributed by atoms with Crippen molar-refractivity contribution in [3.63, 3.8) is 0 Å². The first-order valence-corrected chi connectivity index (χ1v) is 31.9. The lowest BCUT2D eigenvalue weighted by Crippen LogP contribution is -2.47. The molecule has 0 unspecified atom stereocenters. The fourth-order valence-corrected chi connectivity index (χ4v) is 14.0. The van der Waals surface area contributed by atoms with Crippen LogP contribution in [0.3, 0.4) is 0 Å². The number of primary amides is 1. The number of benzene rings is 3. The minimum absolute atomic E-state index is 0.00242. The molecule has 5 aliphatic rings. The second-order valence-electron chi connectivity index (χ2n) is 24.9. The minimum Gasteiger partial charge on any atom is -0.468 e. The molecule has 5 fully saturated rings. The molecular formula is C65H80FN17O7. The van der Waals surface area contributed by atoms with Gasteiger partial charge in [-0.05, 0) is 137 Å². The summed E-state index contributed by atoms with van der Waals surface area (Å²) in [5, 5.41) is 25.0. The predicted molar refractivity (Wildman–Crippen MR) is 334 cm³/mol. The van der Waals surface area contributed by atoms with E-state index >= 15 is 4.39 Å². The van der Waals surface area contributed by atoms with Gasteiger partial charge in [-0.1, -0.05) is 29.5 Å². The number of anilines is 3. The van der Waals surface area contributed by atoms with Gasteiger partial charge in [0.15, 0.2) is 11.5 Å². The zero-order valence-corrected chi connectivity index (χ0v) is 51.4. The average Bonchev–Trinajstić information content (AvgIpc) is 1.59. The molecule has 0 aliphatic carbocycles. The number of nitrogens with one attached hydrogen (secondary N) is 2. The number of carbonyl (C=O) groups excluding carboxylic acids is 6. The van der Waals surface area contributed by atoms with Crippen LogP contribution in [0.1, 0.15) is 123 Å². The molecule has 90 heavy (non-hydrogen) atoms. The highest BCUT2D eigenvalue weighted by Crippen LogP contribution is 2.41. The molecule has 0 saturated carbocycles. The van der Waals surface area contributed by atoms with Crippen LogP contribution >= 0.6 is 0 Å². The van der Waals surface area contributed by atoms with E-state index in [1.807, 2.05) is 47.2 Å². The summed E-state index contributed by atoms with van der Waals surface area (Å²) in [5.74, 6) is 0.188. The van der Waals surface area contributed by atoms with Gasteiger partial charge in [-0.2, -0.15) is 10.2 Å². The lowest BCUT2D eigenvalue weighted by molar-refractivity contribution is -0.141. The Morgan fingerprint density at radius 2 is 1.42 bits per heavy atom. The predicted octanol–water partition coefficient (Wildman–Crippen LogP) is 6.28. The normalized spacial score (nSPS) is 17.7. The number of fused-ring (bicyclic) bond motifs is 2. The Balaban J connectivity index is 0.577. The quantitative estimate of drug-likeness (QED) is 0.0752. The average molecular weight is 1230 g/mol. The van der Waals surface area contributed by atoms with Gasteiger partial charge in [0, 0.05) is 113 Å². The van der Waals surface area contributed by atoms with Crippen molar-refractivity contribution in [2.24, 2.45) is 24.6 Å². The van der Waals surface area contributed by atoms with Crippen molar-refractivity contribution >= 4 is 74.6 Å². The summed E-state index contributed by atoms with van der Waals surface area (Å²) in [4.78, 5) is 98.3. The largest absolute Gasteiger partial charge is 0.468 e. The van der Waals surface area contributed by atoms with Crippen molar-refractivity contribution in [1.29, 1.82) is 0 Å². The van der Waals surface area contributed by atoms with E-state index in [2.05, 4.69) is 57.9 Å². The molecule has 0 bridgehead atoms. The SMILES string of the molecule is COC(=O)Cn1cc(CNC(=O)Cn2nc(C3CCN(C(=O)CCC(=O)N4CCC(CN5CCC(C(=O)N6CCC(c7ccc(Nc8nc(N9CCCCC9)cnc8C(N)=O)cc7)CC6)CC5)CC4)CC3)c3c(-c4cc5c(cnn5C)cc4F)cccc32)nn1. The van der Waals surface area contributed by atoms with Crippen LogP contribution < -0.4 is 21.3 Å². The van der Waals surface area contributed by atoms with Crippen molar-refractivity contribution in [2.45, 2.75) is 115 Å². The molecule has 3 aromatic carbocycles. The monoisotopic (exact) mass is 1230 g/mol. The van der Waals surface area contributed by atoms with Crippen molar-refractivity contribution in [3.05, 3.63) is 102 Å². The number of esters is 1. The van der Waals surface area contributed by atoms with Crippen molar-refractivity contribution in [2.75, 3.05) is 89.3 Å². The number of hydrogen-bond acceptors (Lipinski definition) is 16. The Morgan fingerprint density at radius 1 is 0.733 bits per heavy atom. The standard InChI is InChI=1S/C65H80FN17O7/c1-76-54-34-51(52(66)33-47(54)35-70-76)50-7-6-8-53-60(50)61(74-83(53)40-56(84)68-36-49-39-82(75-73-49)41-59(87)90-2)45-21-29-80(30-22-45)58(86)14-13-57(85)79-27-15-42(16-28-79)38-77-25-17-46(18-26-77)65(89)81-31-19-44(20-32-81)43-9-11-48(12-10-43)71-64-62(63(67)88)69-37-55(72-64)78-23-4-3-5-24-78/h6-12,33-35,37,39,42,44-46H,3-5,13-32,36,38,40-41H2,1-2H3,(H2,67,88)(H,68,84)(H,71,72). The molecular weight excluding hydrogens is 1150 g/mol. The molecule has 5 aliphatic heterocycles. The fraction of sp³-hybridized carbons (Fsp3) is 0.508. The summed E-state index contributed by atoms with van der Waals surface area (Å²) < 4.78 is 25.5. The highest BCUT2D eigenvalue weighted by atomic mass is 19.1. The molecule has 7 aromatic rings. The molecule has 5 amide bonds. The number of ether oxygens (including phenoxy) is 1. The van der Waals surface area contributed by atoms with E-state index in [1.54, 1.807) is 34.0 Å². The lowest BCUT2D eigenvalue weighted by Gasteiger charge is -2.39. The molecule has 12 rings (SSSR count). The molecule has 4 N–H and O–H groups in total. The molecule has 25 heteroatoms. The van der Waals surface area contributed by atoms with E-state index in [0.717, 1.165) is 125 Å². The molecule has 5 saturated heterocycles. The van der Waals surface area contributed by atoms with Gasteiger partial charge in [-0.25, -0.2) is 19.0 Å². The Morgan fingerprint density at radius 3 is 2.12 bits per heavy atom. The van der Waals surface area contributed by atoms with E-state index in [9.17, 15) is 28.8 Å². The van der Waals surface area contributed by atoms with Crippen LogP contribution in [-0.2, 0) is 55.4 Å². The van der Waals surface area contributed by atoms with Crippen LogP contribution in [0.4, 0.5) is 21.7 Å². The first kappa shape index (κ1) is 61.4. The van der Waals surface area contributed by atoms with Crippen LogP contribution in [0.5, 0.6) is 0 Å². The zero-order valence-electron chi connectivity index (χ0n) is 51.4. The zero-order chi connectivity index (χ0) is 62.4. The molecule has 0 spiro atoms. The number of rotatable bonds is 19. The molecule has 0 atom stereocenters. The molecule has 474 valence electrons. The van der Waals surface area contributed by atoms with E-state index in [4.69, 9.17) is 20.6 Å². The van der Waals surface area contributed by atoms with Gasteiger partial charge in [-0.3, -0.25) is 38.1 Å². The number of nitrogens with two attached hydrogens (primary N) is 1. The van der Waals surface area contributed by atoms with Crippen LogP contribution in [0.25, 0.3) is 32.9 Å². The molecule has 0 radical (unpaired) electrons. The van der Waals surface area contributed by atoms with Gasteiger partial charge in [0.05, 0.1) is 49.0 Å². The number of amides is 5. The van der Waals surface area contributed by atoms with Gasteiger partial charge in [0.1, 0.15) is 30.4 Å². The second-order valence-corrected chi connectivity index (χ2v) is 24.9. The number of piperidine rings is 5. The van der Waals surface area contributed by atoms with E-state index < -0.39 is 17.7 Å².